The van der Waals surface area contributed by atoms with Crippen LogP contribution in [0.1, 0.15) is 30.5 Å². The van der Waals surface area contributed by atoms with Crippen LogP contribution in [0.3, 0.4) is 0 Å². The van der Waals surface area contributed by atoms with Gasteiger partial charge in [0.05, 0.1) is 0 Å². The van der Waals surface area contributed by atoms with Crippen molar-refractivity contribution in [2.75, 3.05) is 6.54 Å². The van der Waals surface area contributed by atoms with E-state index < -0.39 is 0 Å². The molecule has 2 nitrogen and oxygen atoms in total. The highest BCUT2D eigenvalue weighted by Gasteiger charge is 2.23. The fraction of sp³-hybridized carbons (Fsp3) is 0.385. The van der Waals surface area contributed by atoms with E-state index in [0.29, 0.717) is 11.8 Å². The third-order valence-electron chi connectivity index (χ3n) is 2.90. The Morgan fingerprint density at radius 1 is 1.60 bits per heavy atom. The Morgan fingerprint density at radius 2 is 2.40 bits per heavy atom. The van der Waals surface area contributed by atoms with Crippen molar-refractivity contribution in [2.45, 2.75) is 25.8 Å². The summed E-state index contributed by atoms with van der Waals surface area (Å²) in [5, 5.41) is 13.1. The summed E-state index contributed by atoms with van der Waals surface area (Å²) in [6.07, 6.45) is 2.04. The maximum atomic E-state index is 9.68. The van der Waals surface area contributed by atoms with Gasteiger partial charge in [-0.2, -0.15) is 0 Å². The molecule has 0 aliphatic heterocycles. The molecule has 2 heteroatoms. The van der Waals surface area contributed by atoms with E-state index in [0.717, 1.165) is 30.5 Å². The van der Waals surface area contributed by atoms with Crippen LogP contribution < -0.4 is 5.32 Å². The van der Waals surface area contributed by atoms with Gasteiger partial charge in [0.1, 0.15) is 5.75 Å². The molecule has 1 aliphatic carbocycles. The van der Waals surface area contributed by atoms with Gasteiger partial charge in [0.2, 0.25) is 0 Å². The molecule has 1 atom stereocenters. The van der Waals surface area contributed by atoms with Crippen molar-refractivity contribution in [3.8, 4) is 5.75 Å². The minimum atomic E-state index is 0.379. The summed E-state index contributed by atoms with van der Waals surface area (Å²) in [7, 11) is 0. The zero-order chi connectivity index (χ0) is 10.8. The van der Waals surface area contributed by atoms with Gasteiger partial charge in [-0.15, -0.1) is 0 Å². The highest BCUT2D eigenvalue weighted by atomic mass is 16.3. The number of fused-ring (bicyclic) bond motifs is 1. The molecule has 1 aromatic carbocycles. The first-order chi connectivity index (χ1) is 7.18. The number of aromatic hydroxyl groups is 1. The molecule has 0 saturated carbocycles. The molecule has 0 bridgehead atoms. The zero-order valence-corrected chi connectivity index (χ0v) is 9.09. The largest absolute Gasteiger partial charge is 0.508 e. The Labute approximate surface area is 90.6 Å². The molecule has 0 spiro atoms. The molecule has 0 heterocycles. The van der Waals surface area contributed by atoms with Crippen molar-refractivity contribution in [3.05, 3.63) is 41.5 Å². The third-order valence-corrected chi connectivity index (χ3v) is 2.90. The second-order valence-corrected chi connectivity index (χ2v) is 4.27. The molecule has 0 fully saturated rings. The summed E-state index contributed by atoms with van der Waals surface area (Å²) in [5.74, 6) is 0.437. The van der Waals surface area contributed by atoms with Gasteiger partial charge in [0.25, 0.3) is 0 Å². The molecule has 0 saturated heterocycles. The number of hydrogen-bond donors (Lipinski definition) is 2. The van der Waals surface area contributed by atoms with E-state index in [4.69, 9.17) is 0 Å². The lowest BCUT2D eigenvalue weighted by Gasteiger charge is -2.13. The van der Waals surface area contributed by atoms with E-state index >= 15 is 0 Å². The van der Waals surface area contributed by atoms with E-state index in [1.165, 1.54) is 5.56 Å². The molecule has 1 aliphatic rings. The predicted octanol–water partition coefficient (Wildman–Crippen LogP) is 2.55. The van der Waals surface area contributed by atoms with Crippen LogP contribution in [0, 0.1) is 0 Å². The molecular formula is C13H17NO. The standard InChI is InChI=1S/C13H17NO/c1-9(2)8-14-12-7-6-11-10(12)4-3-5-13(11)15/h3-5,12,14-15H,1,6-8H2,2H3. The third kappa shape index (κ3) is 2.05. The highest BCUT2D eigenvalue weighted by molar-refractivity contribution is 5.44. The zero-order valence-electron chi connectivity index (χ0n) is 9.09. The summed E-state index contributed by atoms with van der Waals surface area (Å²) >= 11 is 0. The molecule has 80 valence electrons. The first-order valence-electron chi connectivity index (χ1n) is 5.37. The molecule has 0 aromatic heterocycles. The Morgan fingerprint density at radius 3 is 3.13 bits per heavy atom. The van der Waals surface area contributed by atoms with Crippen molar-refractivity contribution in [3.63, 3.8) is 0 Å². The van der Waals surface area contributed by atoms with Crippen molar-refractivity contribution < 1.29 is 5.11 Å². The smallest absolute Gasteiger partial charge is 0.119 e. The molecule has 1 unspecified atom stereocenters. The summed E-state index contributed by atoms with van der Waals surface area (Å²) in [4.78, 5) is 0. The molecule has 2 N–H and O–H groups in total. The summed E-state index contributed by atoms with van der Waals surface area (Å²) in [6, 6.07) is 6.15. The van der Waals surface area contributed by atoms with Gasteiger partial charge in [0.15, 0.2) is 0 Å². The quantitative estimate of drug-likeness (QED) is 0.740. The maximum absolute atomic E-state index is 9.68. The van der Waals surface area contributed by atoms with Crippen LogP contribution in [0.4, 0.5) is 0 Å². The van der Waals surface area contributed by atoms with Crippen LogP contribution in [0.25, 0.3) is 0 Å². The Kier molecular flexibility index (Phi) is 2.78. The van der Waals surface area contributed by atoms with E-state index in [2.05, 4.69) is 18.0 Å². The lowest BCUT2D eigenvalue weighted by atomic mass is 10.1. The van der Waals surface area contributed by atoms with Gasteiger partial charge in [0, 0.05) is 12.6 Å². The summed E-state index contributed by atoms with van der Waals surface area (Å²) < 4.78 is 0. The van der Waals surface area contributed by atoms with E-state index in [9.17, 15) is 5.11 Å². The van der Waals surface area contributed by atoms with Crippen LogP contribution in [-0.2, 0) is 6.42 Å². The summed E-state index contributed by atoms with van der Waals surface area (Å²) in [6.45, 7) is 6.74. The highest BCUT2D eigenvalue weighted by Crippen LogP contribution is 2.36. The minimum Gasteiger partial charge on any atom is -0.508 e. The second-order valence-electron chi connectivity index (χ2n) is 4.27. The Bertz CT molecular complexity index is 384. The fourth-order valence-corrected chi connectivity index (χ4v) is 2.14. The lowest BCUT2D eigenvalue weighted by molar-refractivity contribution is 0.469. The van der Waals surface area contributed by atoms with Gasteiger partial charge in [-0.05, 0) is 37.0 Å². The first-order valence-corrected chi connectivity index (χ1v) is 5.37. The SMILES string of the molecule is C=C(C)CNC1CCc2c(O)cccc21. The number of phenols is 1. The number of phenolic OH excluding ortho intramolecular Hbond substituents is 1. The number of benzene rings is 1. The molecule has 0 radical (unpaired) electrons. The Balaban J connectivity index is 2.14. The molecule has 0 amide bonds. The van der Waals surface area contributed by atoms with Gasteiger partial charge in [-0.3, -0.25) is 0 Å². The maximum Gasteiger partial charge on any atom is 0.119 e. The number of hydrogen-bond acceptors (Lipinski definition) is 2. The van der Waals surface area contributed by atoms with Crippen molar-refractivity contribution in [2.24, 2.45) is 0 Å². The number of nitrogens with one attached hydrogen (secondary N) is 1. The number of rotatable bonds is 3. The van der Waals surface area contributed by atoms with Crippen molar-refractivity contribution in [1.29, 1.82) is 0 Å². The minimum absolute atomic E-state index is 0.379. The fourth-order valence-electron chi connectivity index (χ4n) is 2.14. The first kappa shape index (κ1) is 10.2. The van der Waals surface area contributed by atoms with E-state index in [1.54, 1.807) is 6.07 Å². The molecule has 15 heavy (non-hydrogen) atoms. The molecule has 2 rings (SSSR count). The van der Waals surface area contributed by atoms with E-state index in [1.807, 2.05) is 13.0 Å². The van der Waals surface area contributed by atoms with Crippen LogP contribution in [0.15, 0.2) is 30.4 Å². The van der Waals surface area contributed by atoms with Gasteiger partial charge in [-0.1, -0.05) is 24.3 Å². The molecule has 1 aromatic rings. The van der Waals surface area contributed by atoms with E-state index in [-0.39, 0.29) is 0 Å². The van der Waals surface area contributed by atoms with Crippen LogP contribution in [0.5, 0.6) is 5.75 Å². The summed E-state index contributed by atoms with van der Waals surface area (Å²) in [5.41, 5.74) is 3.50. The molecular weight excluding hydrogens is 186 g/mol. The van der Waals surface area contributed by atoms with Gasteiger partial charge in [-0.25, -0.2) is 0 Å². The lowest BCUT2D eigenvalue weighted by Crippen LogP contribution is -2.20. The van der Waals surface area contributed by atoms with Crippen LogP contribution >= 0.6 is 0 Å². The topological polar surface area (TPSA) is 32.3 Å². The van der Waals surface area contributed by atoms with Gasteiger partial charge >= 0.3 is 0 Å². The normalized spacial score (nSPS) is 18.9. The van der Waals surface area contributed by atoms with Crippen LogP contribution in [-0.4, -0.2) is 11.7 Å². The Hall–Kier alpha value is -1.28. The predicted molar refractivity (Wildman–Crippen MR) is 62.0 cm³/mol. The monoisotopic (exact) mass is 203 g/mol. The van der Waals surface area contributed by atoms with Crippen LogP contribution in [0.2, 0.25) is 0 Å². The van der Waals surface area contributed by atoms with Crippen molar-refractivity contribution in [1.82, 2.24) is 5.32 Å². The van der Waals surface area contributed by atoms with Gasteiger partial charge < -0.3 is 10.4 Å². The van der Waals surface area contributed by atoms with Crippen molar-refractivity contribution >= 4 is 0 Å². The average Bonchev–Trinajstić information content (AvgIpc) is 2.59. The average molecular weight is 203 g/mol. The second kappa shape index (κ2) is 4.07.